The molecule has 0 aromatic heterocycles. The summed E-state index contributed by atoms with van der Waals surface area (Å²) in [5.74, 6) is -0.134. The number of hydrogen-bond acceptors (Lipinski definition) is 2. The molecule has 1 N–H and O–H groups in total. The van der Waals surface area contributed by atoms with Gasteiger partial charge in [-0.2, -0.15) is 0 Å². The number of piperidine rings is 1. The highest BCUT2D eigenvalue weighted by Crippen LogP contribution is 2.21. The van der Waals surface area contributed by atoms with Crippen LogP contribution in [0.15, 0.2) is 48.5 Å². The summed E-state index contributed by atoms with van der Waals surface area (Å²) in [5.41, 5.74) is 1.92. The molecular formula is C19H20FIN2O. The van der Waals surface area contributed by atoms with Gasteiger partial charge in [0.25, 0.3) is 0 Å². The highest BCUT2D eigenvalue weighted by Gasteiger charge is 2.25. The Labute approximate surface area is 155 Å². The minimum atomic E-state index is -0.216. The first-order valence-corrected chi connectivity index (χ1v) is 9.21. The Balaban J connectivity index is 1.57. The molecule has 1 aliphatic rings. The average Bonchev–Trinajstić information content (AvgIpc) is 2.59. The standard InChI is InChI=1S/C19H20FIN2O/c20-16-5-3-14(4-6-16)12-23-11-1-2-15(13-23)19(24)22-18-9-7-17(21)8-10-18/h3-10,15H,1-2,11-13H2,(H,22,24)/t15-/m1/s1. The van der Waals surface area contributed by atoms with Crippen molar-refractivity contribution in [3.8, 4) is 0 Å². The molecule has 0 spiro atoms. The van der Waals surface area contributed by atoms with Crippen LogP contribution >= 0.6 is 22.6 Å². The Kier molecular flexibility index (Phi) is 5.84. The van der Waals surface area contributed by atoms with Crippen molar-refractivity contribution in [2.24, 2.45) is 5.92 Å². The van der Waals surface area contributed by atoms with E-state index >= 15 is 0 Å². The fourth-order valence-electron chi connectivity index (χ4n) is 3.04. The number of rotatable bonds is 4. The summed E-state index contributed by atoms with van der Waals surface area (Å²) in [6.07, 6.45) is 1.92. The number of carbonyl (C=O) groups is 1. The Hall–Kier alpha value is -1.47. The predicted octanol–water partition coefficient (Wildman–Crippen LogP) is 4.28. The van der Waals surface area contributed by atoms with Crippen LogP contribution in [-0.2, 0) is 11.3 Å². The first-order valence-electron chi connectivity index (χ1n) is 8.13. The summed E-state index contributed by atoms with van der Waals surface area (Å²) >= 11 is 2.25. The second-order valence-corrected chi connectivity index (χ2v) is 7.44. The van der Waals surface area contributed by atoms with Crippen LogP contribution < -0.4 is 5.32 Å². The van der Waals surface area contributed by atoms with Gasteiger partial charge in [-0.15, -0.1) is 0 Å². The molecule has 1 heterocycles. The van der Waals surface area contributed by atoms with Gasteiger partial charge in [-0.3, -0.25) is 9.69 Å². The third kappa shape index (κ3) is 4.77. The maximum absolute atomic E-state index is 13.0. The molecule has 0 unspecified atom stereocenters. The Bertz CT molecular complexity index is 688. The molecule has 1 saturated heterocycles. The third-order valence-electron chi connectivity index (χ3n) is 4.31. The second kappa shape index (κ2) is 8.07. The Morgan fingerprint density at radius 2 is 1.88 bits per heavy atom. The zero-order chi connectivity index (χ0) is 16.9. The van der Waals surface area contributed by atoms with Gasteiger partial charge in [0.05, 0.1) is 5.92 Å². The van der Waals surface area contributed by atoms with E-state index in [9.17, 15) is 9.18 Å². The van der Waals surface area contributed by atoms with Crippen LogP contribution in [0.1, 0.15) is 18.4 Å². The van der Waals surface area contributed by atoms with Crippen molar-refractivity contribution in [3.63, 3.8) is 0 Å². The molecule has 1 atom stereocenters. The fourth-order valence-corrected chi connectivity index (χ4v) is 3.40. The first-order chi connectivity index (χ1) is 11.6. The van der Waals surface area contributed by atoms with Crippen LogP contribution in [0.3, 0.4) is 0 Å². The van der Waals surface area contributed by atoms with Gasteiger partial charge in [-0.05, 0) is 83.9 Å². The van der Waals surface area contributed by atoms with Crippen molar-refractivity contribution in [1.29, 1.82) is 0 Å². The van der Waals surface area contributed by atoms with Crippen molar-refractivity contribution in [2.45, 2.75) is 19.4 Å². The summed E-state index contributed by atoms with van der Waals surface area (Å²) in [6, 6.07) is 14.4. The summed E-state index contributed by atoms with van der Waals surface area (Å²) in [4.78, 5) is 14.8. The molecular weight excluding hydrogens is 418 g/mol. The summed E-state index contributed by atoms with van der Waals surface area (Å²) in [6.45, 7) is 2.48. The van der Waals surface area contributed by atoms with Crippen molar-refractivity contribution in [1.82, 2.24) is 4.90 Å². The number of carbonyl (C=O) groups excluding carboxylic acids is 1. The summed E-state index contributed by atoms with van der Waals surface area (Å²) in [5, 5.41) is 3.01. The normalized spacial score (nSPS) is 18.3. The number of nitrogens with one attached hydrogen (secondary N) is 1. The SMILES string of the molecule is O=C(Nc1ccc(I)cc1)[C@@H]1CCCN(Cc2ccc(F)cc2)C1. The minimum Gasteiger partial charge on any atom is -0.326 e. The van der Waals surface area contributed by atoms with Crippen molar-refractivity contribution < 1.29 is 9.18 Å². The molecule has 3 nitrogen and oxygen atoms in total. The van der Waals surface area contributed by atoms with E-state index in [0.29, 0.717) is 0 Å². The van der Waals surface area contributed by atoms with E-state index in [-0.39, 0.29) is 17.6 Å². The second-order valence-electron chi connectivity index (χ2n) is 6.20. The van der Waals surface area contributed by atoms with Crippen molar-refractivity contribution in [2.75, 3.05) is 18.4 Å². The highest BCUT2D eigenvalue weighted by molar-refractivity contribution is 14.1. The predicted molar refractivity (Wildman–Crippen MR) is 102 cm³/mol. The molecule has 0 saturated carbocycles. The molecule has 0 radical (unpaired) electrons. The van der Waals surface area contributed by atoms with Crippen molar-refractivity contribution in [3.05, 3.63) is 63.5 Å². The van der Waals surface area contributed by atoms with E-state index in [1.54, 1.807) is 0 Å². The molecule has 24 heavy (non-hydrogen) atoms. The van der Waals surface area contributed by atoms with Gasteiger partial charge in [0, 0.05) is 22.3 Å². The maximum Gasteiger partial charge on any atom is 0.228 e. The topological polar surface area (TPSA) is 32.3 Å². The van der Waals surface area contributed by atoms with Crippen LogP contribution in [0, 0.1) is 15.3 Å². The van der Waals surface area contributed by atoms with Crippen molar-refractivity contribution >= 4 is 34.2 Å². The molecule has 1 aliphatic heterocycles. The number of amides is 1. The van der Waals surface area contributed by atoms with Gasteiger partial charge in [-0.25, -0.2) is 4.39 Å². The van der Waals surface area contributed by atoms with Crippen LogP contribution in [0.25, 0.3) is 0 Å². The Morgan fingerprint density at radius 1 is 1.17 bits per heavy atom. The highest BCUT2D eigenvalue weighted by atomic mass is 127. The molecule has 0 bridgehead atoms. The smallest absolute Gasteiger partial charge is 0.228 e. The van der Waals surface area contributed by atoms with Gasteiger partial charge >= 0.3 is 0 Å². The van der Waals surface area contributed by atoms with Gasteiger partial charge in [0.1, 0.15) is 5.82 Å². The quantitative estimate of drug-likeness (QED) is 0.723. The summed E-state index contributed by atoms with van der Waals surface area (Å²) in [7, 11) is 0. The first kappa shape index (κ1) is 17.4. The van der Waals surface area contributed by atoms with Gasteiger partial charge < -0.3 is 5.32 Å². The molecule has 0 aliphatic carbocycles. The van der Waals surface area contributed by atoms with Gasteiger partial charge in [0.15, 0.2) is 0 Å². The number of likely N-dealkylation sites (tertiary alicyclic amines) is 1. The molecule has 2 aromatic rings. The number of halogens is 2. The fraction of sp³-hybridized carbons (Fsp3) is 0.316. The van der Waals surface area contributed by atoms with Crippen LogP contribution in [-0.4, -0.2) is 23.9 Å². The molecule has 5 heteroatoms. The zero-order valence-electron chi connectivity index (χ0n) is 13.3. The van der Waals surface area contributed by atoms with E-state index in [1.165, 1.54) is 12.1 Å². The van der Waals surface area contributed by atoms with Crippen LogP contribution in [0.2, 0.25) is 0 Å². The maximum atomic E-state index is 13.0. The van der Waals surface area contributed by atoms with E-state index < -0.39 is 0 Å². The van der Waals surface area contributed by atoms with Crippen LogP contribution in [0.5, 0.6) is 0 Å². The molecule has 1 amide bonds. The van der Waals surface area contributed by atoms with Gasteiger partial charge in [0.2, 0.25) is 5.91 Å². The molecule has 2 aromatic carbocycles. The van der Waals surface area contributed by atoms with Gasteiger partial charge in [-0.1, -0.05) is 12.1 Å². The molecule has 3 rings (SSSR count). The number of hydrogen-bond donors (Lipinski definition) is 1. The van der Waals surface area contributed by atoms with E-state index in [2.05, 4.69) is 32.8 Å². The largest absolute Gasteiger partial charge is 0.326 e. The zero-order valence-corrected chi connectivity index (χ0v) is 15.5. The molecule has 126 valence electrons. The van der Waals surface area contributed by atoms with E-state index in [0.717, 1.165) is 47.3 Å². The van der Waals surface area contributed by atoms with E-state index in [4.69, 9.17) is 0 Å². The lowest BCUT2D eigenvalue weighted by molar-refractivity contribution is -0.121. The Morgan fingerprint density at radius 3 is 2.58 bits per heavy atom. The third-order valence-corrected chi connectivity index (χ3v) is 5.03. The number of anilines is 1. The summed E-state index contributed by atoms with van der Waals surface area (Å²) < 4.78 is 14.1. The lowest BCUT2D eigenvalue weighted by Gasteiger charge is -2.32. The average molecular weight is 438 g/mol. The van der Waals surface area contributed by atoms with E-state index in [1.807, 2.05) is 36.4 Å². The lowest BCUT2D eigenvalue weighted by atomic mass is 9.96. The minimum absolute atomic E-state index is 0.00141. The monoisotopic (exact) mass is 438 g/mol. The number of nitrogens with zero attached hydrogens (tertiary/aromatic N) is 1. The number of benzene rings is 2. The molecule has 1 fully saturated rings. The van der Waals surface area contributed by atoms with Crippen LogP contribution in [0.4, 0.5) is 10.1 Å². The lowest BCUT2D eigenvalue weighted by Crippen LogP contribution is -2.40.